The third kappa shape index (κ3) is 7.26. The largest absolute Gasteiger partial charge is 0.573 e. The van der Waals surface area contributed by atoms with E-state index >= 15 is 0 Å². The molecule has 1 fully saturated rings. The van der Waals surface area contributed by atoms with Gasteiger partial charge in [-0.05, 0) is 62.5 Å². The fourth-order valence-corrected chi connectivity index (χ4v) is 4.64. The number of benzene rings is 2. The van der Waals surface area contributed by atoms with Crippen LogP contribution in [0.4, 0.5) is 19.1 Å². The first-order valence-corrected chi connectivity index (χ1v) is 12.2. The van der Waals surface area contributed by atoms with Gasteiger partial charge in [0.15, 0.2) is 0 Å². The zero-order chi connectivity index (χ0) is 26.6. The number of alkyl halides is 3. The molecule has 2 aromatic carbocycles. The van der Waals surface area contributed by atoms with Crippen molar-refractivity contribution in [1.29, 1.82) is 0 Å². The molecule has 1 saturated heterocycles. The van der Waals surface area contributed by atoms with E-state index in [2.05, 4.69) is 24.5 Å². The molecule has 0 aliphatic carbocycles. The number of nitrogens with two attached hydrogens (primary N) is 1. The normalized spacial score (nSPS) is 15.7. The lowest BCUT2D eigenvalue weighted by atomic mass is 10.2. The van der Waals surface area contributed by atoms with E-state index in [-0.39, 0.29) is 12.4 Å². The van der Waals surface area contributed by atoms with Crippen LogP contribution in [0.25, 0.3) is 0 Å². The van der Waals surface area contributed by atoms with Gasteiger partial charge in [0.1, 0.15) is 12.4 Å². The van der Waals surface area contributed by atoms with Crippen molar-refractivity contribution in [3.8, 4) is 11.6 Å². The van der Waals surface area contributed by atoms with Gasteiger partial charge in [0.05, 0.1) is 11.1 Å². The number of primary amides is 1. The van der Waals surface area contributed by atoms with E-state index in [0.29, 0.717) is 33.9 Å². The van der Waals surface area contributed by atoms with E-state index in [4.69, 9.17) is 10.5 Å². The standard InChI is InChI=1S/C25H26F3N5O3S/c1-32(2)18-10-11-33(14-18)24-30-13-21(37-20-8-6-17(7-9-20)22(29)34)23(31-24)35-15-16-4-3-5-19(12-16)36-25(26,27)28/h3-9,12-13,18H,10-11,14-15H2,1-2H3,(H2,29,34). The van der Waals surface area contributed by atoms with Crippen molar-refractivity contribution in [3.05, 3.63) is 65.9 Å². The highest BCUT2D eigenvalue weighted by atomic mass is 32.2. The fourth-order valence-electron chi connectivity index (χ4n) is 3.82. The Morgan fingerprint density at radius 3 is 2.62 bits per heavy atom. The Hall–Kier alpha value is -3.51. The average molecular weight is 534 g/mol. The Morgan fingerprint density at radius 1 is 1.22 bits per heavy atom. The molecule has 1 aromatic heterocycles. The molecule has 1 unspecified atom stereocenters. The summed E-state index contributed by atoms with van der Waals surface area (Å²) in [5.74, 6) is -0.0362. The minimum Gasteiger partial charge on any atom is -0.472 e. The minimum absolute atomic E-state index is 0.0278. The molecule has 0 saturated carbocycles. The predicted molar refractivity (Wildman–Crippen MR) is 133 cm³/mol. The molecule has 8 nitrogen and oxygen atoms in total. The number of carbonyl (C=O) groups excluding carboxylic acids is 1. The van der Waals surface area contributed by atoms with Gasteiger partial charge < -0.3 is 25.0 Å². The van der Waals surface area contributed by atoms with Crippen molar-refractivity contribution in [3.63, 3.8) is 0 Å². The number of halogens is 3. The van der Waals surface area contributed by atoms with Crippen LogP contribution in [0, 0.1) is 0 Å². The van der Waals surface area contributed by atoms with E-state index in [1.54, 1.807) is 36.5 Å². The molecule has 1 amide bonds. The molecule has 37 heavy (non-hydrogen) atoms. The maximum absolute atomic E-state index is 12.6. The molecule has 3 aromatic rings. The van der Waals surface area contributed by atoms with Gasteiger partial charge in [0.25, 0.3) is 0 Å². The van der Waals surface area contributed by atoms with Crippen molar-refractivity contribution in [2.45, 2.75) is 35.2 Å². The van der Waals surface area contributed by atoms with Crippen LogP contribution in [-0.2, 0) is 6.61 Å². The lowest BCUT2D eigenvalue weighted by molar-refractivity contribution is -0.274. The molecular weight excluding hydrogens is 507 g/mol. The van der Waals surface area contributed by atoms with Crippen LogP contribution in [0.2, 0.25) is 0 Å². The molecule has 0 spiro atoms. The topological polar surface area (TPSA) is 93.8 Å². The van der Waals surface area contributed by atoms with Gasteiger partial charge in [-0.15, -0.1) is 13.2 Å². The van der Waals surface area contributed by atoms with Gasteiger partial charge in [-0.2, -0.15) is 4.98 Å². The number of ether oxygens (including phenoxy) is 2. The van der Waals surface area contributed by atoms with Crippen LogP contribution in [0.3, 0.4) is 0 Å². The van der Waals surface area contributed by atoms with Crippen LogP contribution >= 0.6 is 11.8 Å². The fraction of sp³-hybridized carbons (Fsp3) is 0.320. The molecule has 2 N–H and O–H groups in total. The van der Waals surface area contributed by atoms with E-state index in [9.17, 15) is 18.0 Å². The summed E-state index contributed by atoms with van der Waals surface area (Å²) in [4.78, 5) is 26.2. The van der Waals surface area contributed by atoms with Crippen molar-refractivity contribution < 1.29 is 27.4 Å². The van der Waals surface area contributed by atoms with Crippen LogP contribution in [0.1, 0.15) is 22.3 Å². The number of rotatable bonds is 9. The summed E-state index contributed by atoms with van der Waals surface area (Å²) in [6, 6.07) is 12.7. The SMILES string of the molecule is CN(C)C1CCN(c2ncc(Sc3ccc(C(N)=O)cc3)c(OCc3cccc(OC(F)(F)F)c3)n2)C1. The van der Waals surface area contributed by atoms with E-state index in [1.807, 2.05) is 14.1 Å². The highest BCUT2D eigenvalue weighted by Gasteiger charge is 2.31. The van der Waals surface area contributed by atoms with Gasteiger partial charge in [-0.3, -0.25) is 4.79 Å². The number of nitrogens with zero attached hydrogens (tertiary/aromatic N) is 4. The lowest BCUT2D eigenvalue weighted by Crippen LogP contribution is -2.32. The van der Waals surface area contributed by atoms with Crippen molar-refractivity contribution in [2.24, 2.45) is 5.73 Å². The Bertz CT molecular complexity index is 1240. The summed E-state index contributed by atoms with van der Waals surface area (Å²) in [5, 5.41) is 0. The van der Waals surface area contributed by atoms with Crippen LogP contribution in [-0.4, -0.2) is 60.4 Å². The smallest absolute Gasteiger partial charge is 0.472 e. The number of hydrogen-bond donors (Lipinski definition) is 1. The summed E-state index contributed by atoms with van der Waals surface area (Å²) in [6.45, 7) is 1.53. The van der Waals surface area contributed by atoms with Crippen molar-refractivity contribution in [2.75, 3.05) is 32.1 Å². The summed E-state index contributed by atoms with van der Waals surface area (Å²) in [5.41, 5.74) is 6.19. The average Bonchev–Trinajstić information content (AvgIpc) is 3.34. The van der Waals surface area contributed by atoms with Crippen LogP contribution in [0.15, 0.2) is 64.5 Å². The van der Waals surface area contributed by atoms with Gasteiger partial charge >= 0.3 is 6.36 Å². The number of aromatic nitrogens is 2. The summed E-state index contributed by atoms with van der Waals surface area (Å²) in [6.07, 6.45) is -2.15. The summed E-state index contributed by atoms with van der Waals surface area (Å²) < 4.78 is 47.9. The summed E-state index contributed by atoms with van der Waals surface area (Å²) >= 11 is 1.34. The van der Waals surface area contributed by atoms with E-state index in [1.165, 1.54) is 30.0 Å². The molecular formula is C25H26F3N5O3S. The van der Waals surface area contributed by atoms with E-state index in [0.717, 1.165) is 24.4 Å². The highest BCUT2D eigenvalue weighted by molar-refractivity contribution is 7.99. The number of likely N-dealkylation sites (N-methyl/N-ethyl adjacent to an activating group) is 1. The van der Waals surface area contributed by atoms with Crippen molar-refractivity contribution in [1.82, 2.24) is 14.9 Å². The molecule has 1 aliphatic rings. The molecule has 196 valence electrons. The Labute approximate surface area is 216 Å². The third-order valence-electron chi connectivity index (χ3n) is 5.76. The molecule has 4 rings (SSSR count). The maximum atomic E-state index is 12.6. The van der Waals surface area contributed by atoms with Crippen molar-refractivity contribution >= 4 is 23.6 Å². The first-order valence-electron chi connectivity index (χ1n) is 11.4. The van der Waals surface area contributed by atoms with Gasteiger partial charge in [0.2, 0.25) is 17.7 Å². The minimum atomic E-state index is -4.78. The second-order valence-electron chi connectivity index (χ2n) is 8.67. The maximum Gasteiger partial charge on any atom is 0.573 e. The summed E-state index contributed by atoms with van der Waals surface area (Å²) in [7, 11) is 4.06. The van der Waals surface area contributed by atoms with E-state index < -0.39 is 12.3 Å². The van der Waals surface area contributed by atoms with Gasteiger partial charge in [-0.25, -0.2) is 4.98 Å². The monoisotopic (exact) mass is 533 g/mol. The predicted octanol–water partition coefficient (Wildman–Crippen LogP) is 4.34. The molecule has 0 radical (unpaired) electrons. The molecule has 0 bridgehead atoms. The Morgan fingerprint density at radius 2 is 1.97 bits per heavy atom. The molecule has 12 heteroatoms. The van der Waals surface area contributed by atoms with Crippen LogP contribution in [0.5, 0.6) is 11.6 Å². The first kappa shape index (κ1) is 26.6. The number of carbonyl (C=O) groups is 1. The Kier molecular flexibility index (Phi) is 8.08. The second kappa shape index (κ2) is 11.3. The third-order valence-corrected chi connectivity index (χ3v) is 6.77. The molecule has 1 atom stereocenters. The quantitative estimate of drug-likeness (QED) is 0.434. The number of hydrogen-bond acceptors (Lipinski definition) is 8. The number of anilines is 1. The molecule has 1 aliphatic heterocycles. The molecule has 2 heterocycles. The zero-order valence-corrected chi connectivity index (χ0v) is 21.1. The first-order chi connectivity index (χ1) is 17.6. The Balaban J connectivity index is 1.56. The second-order valence-corrected chi connectivity index (χ2v) is 9.78. The van der Waals surface area contributed by atoms with Gasteiger partial charge in [-0.1, -0.05) is 23.9 Å². The van der Waals surface area contributed by atoms with Gasteiger partial charge in [0, 0.05) is 29.6 Å². The lowest BCUT2D eigenvalue weighted by Gasteiger charge is -2.21. The zero-order valence-electron chi connectivity index (χ0n) is 20.2. The van der Waals surface area contributed by atoms with Crippen LogP contribution < -0.4 is 20.1 Å². The number of amides is 1. The highest BCUT2D eigenvalue weighted by Crippen LogP contribution is 2.35.